The van der Waals surface area contributed by atoms with Crippen LogP contribution in [0.4, 0.5) is 4.39 Å². The number of hydrogen-bond donors (Lipinski definition) is 3. The van der Waals surface area contributed by atoms with Crippen LogP contribution in [0.2, 0.25) is 0 Å². The minimum absolute atomic E-state index is 0. The predicted octanol–water partition coefficient (Wildman–Crippen LogP) is 2.41. The summed E-state index contributed by atoms with van der Waals surface area (Å²) in [7, 11) is 0. The summed E-state index contributed by atoms with van der Waals surface area (Å²) in [6.07, 6.45) is 2.99. The van der Waals surface area contributed by atoms with Crippen LogP contribution in [0.15, 0.2) is 24.3 Å². The third-order valence-corrected chi connectivity index (χ3v) is 3.63. The molecule has 1 aromatic carbocycles. The van der Waals surface area contributed by atoms with Gasteiger partial charge in [-0.2, -0.15) is 0 Å². The SMILES string of the molecule is CCCC(NC(C(=O)NC1CC1)c1ccc(F)cc1)C(=O)O.Cl. The Bertz CT molecular complexity index is 535. The fourth-order valence-electron chi connectivity index (χ4n) is 2.26. The van der Waals surface area contributed by atoms with Gasteiger partial charge in [0.1, 0.15) is 17.9 Å². The van der Waals surface area contributed by atoms with E-state index in [1.165, 1.54) is 24.3 Å². The number of benzene rings is 1. The summed E-state index contributed by atoms with van der Waals surface area (Å²) in [6, 6.07) is 4.11. The number of carboxylic acid groups (broad SMARTS) is 1. The molecule has 0 heterocycles. The molecule has 128 valence electrons. The van der Waals surface area contributed by atoms with Gasteiger partial charge < -0.3 is 10.4 Å². The monoisotopic (exact) mass is 344 g/mol. The smallest absolute Gasteiger partial charge is 0.320 e. The molecule has 1 saturated carbocycles. The van der Waals surface area contributed by atoms with Crippen LogP contribution in [-0.4, -0.2) is 29.1 Å². The molecule has 0 aromatic heterocycles. The minimum atomic E-state index is -0.992. The Hall–Kier alpha value is -1.66. The van der Waals surface area contributed by atoms with Gasteiger partial charge in [-0.3, -0.25) is 14.9 Å². The van der Waals surface area contributed by atoms with Crippen molar-refractivity contribution < 1.29 is 19.1 Å². The summed E-state index contributed by atoms with van der Waals surface area (Å²) in [5.41, 5.74) is 0.557. The van der Waals surface area contributed by atoms with Crippen LogP contribution in [0.1, 0.15) is 44.2 Å². The van der Waals surface area contributed by atoms with E-state index in [4.69, 9.17) is 0 Å². The first-order valence-corrected chi connectivity index (χ1v) is 7.56. The van der Waals surface area contributed by atoms with Crippen LogP contribution in [0, 0.1) is 5.82 Å². The Morgan fingerprint density at radius 1 is 1.30 bits per heavy atom. The zero-order chi connectivity index (χ0) is 16.1. The molecule has 2 rings (SSSR count). The van der Waals surface area contributed by atoms with E-state index in [1.807, 2.05) is 6.92 Å². The maximum Gasteiger partial charge on any atom is 0.320 e. The van der Waals surface area contributed by atoms with Crippen molar-refractivity contribution >= 4 is 24.3 Å². The van der Waals surface area contributed by atoms with Gasteiger partial charge in [0.15, 0.2) is 0 Å². The lowest BCUT2D eigenvalue weighted by molar-refractivity contribution is -0.140. The average Bonchev–Trinajstić information content (AvgIpc) is 3.28. The minimum Gasteiger partial charge on any atom is -0.480 e. The van der Waals surface area contributed by atoms with E-state index >= 15 is 0 Å². The van der Waals surface area contributed by atoms with Crippen LogP contribution >= 0.6 is 12.4 Å². The van der Waals surface area contributed by atoms with Crippen molar-refractivity contribution in [2.75, 3.05) is 0 Å². The molecular formula is C16H22ClFN2O3. The van der Waals surface area contributed by atoms with Crippen LogP contribution < -0.4 is 10.6 Å². The maximum absolute atomic E-state index is 13.1. The summed E-state index contributed by atoms with van der Waals surface area (Å²) in [4.78, 5) is 23.7. The number of hydrogen-bond acceptors (Lipinski definition) is 3. The lowest BCUT2D eigenvalue weighted by atomic mass is 10.0. The van der Waals surface area contributed by atoms with Crippen LogP contribution in [0.3, 0.4) is 0 Å². The average molecular weight is 345 g/mol. The summed E-state index contributed by atoms with van der Waals surface area (Å²) in [6.45, 7) is 1.88. The van der Waals surface area contributed by atoms with Gasteiger partial charge in [-0.05, 0) is 37.0 Å². The number of halogens is 2. The third-order valence-electron chi connectivity index (χ3n) is 3.63. The number of amides is 1. The van der Waals surface area contributed by atoms with E-state index < -0.39 is 23.9 Å². The Labute approximate surface area is 141 Å². The first-order chi connectivity index (χ1) is 10.5. The van der Waals surface area contributed by atoms with E-state index in [0.29, 0.717) is 18.4 Å². The van der Waals surface area contributed by atoms with Gasteiger partial charge in [-0.25, -0.2) is 4.39 Å². The summed E-state index contributed by atoms with van der Waals surface area (Å²) in [5, 5.41) is 15.0. The van der Waals surface area contributed by atoms with Gasteiger partial charge in [0, 0.05) is 6.04 Å². The molecule has 7 heteroatoms. The Morgan fingerprint density at radius 3 is 2.39 bits per heavy atom. The molecule has 0 saturated heterocycles. The third kappa shape index (κ3) is 5.80. The molecule has 1 amide bonds. The molecule has 1 aliphatic carbocycles. The standard InChI is InChI=1S/C16H21FN2O3.ClH/c1-2-3-13(16(21)22)19-14(15(20)18-12-8-9-12)10-4-6-11(17)7-5-10;/h4-7,12-14,19H,2-3,8-9H2,1H3,(H,18,20)(H,21,22);1H. The summed E-state index contributed by atoms with van der Waals surface area (Å²) in [5.74, 6) is -1.65. The number of nitrogens with one attached hydrogen (secondary N) is 2. The Balaban J connectivity index is 0.00000264. The van der Waals surface area contributed by atoms with Gasteiger partial charge in [-0.1, -0.05) is 25.5 Å². The highest BCUT2D eigenvalue weighted by Crippen LogP contribution is 2.22. The number of carboxylic acids is 1. The second-order valence-corrected chi connectivity index (χ2v) is 5.61. The zero-order valence-electron chi connectivity index (χ0n) is 12.9. The van der Waals surface area contributed by atoms with Crippen molar-refractivity contribution in [1.82, 2.24) is 10.6 Å². The van der Waals surface area contributed by atoms with Crippen molar-refractivity contribution in [3.63, 3.8) is 0 Å². The lowest BCUT2D eigenvalue weighted by Crippen LogP contribution is -2.46. The second kappa shape index (κ2) is 8.84. The number of carbonyl (C=O) groups excluding carboxylic acids is 1. The van der Waals surface area contributed by atoms with Crippen molar-refractivity contribution in [2.45, 2.75) is 50.7 Å². The van der Waals surface area contributed by atoms with Crippen LogP contribution in [0.5, 0.6) is 0 Å². The molecule has 1 aliphatic rings. The molecule has 1 aromatic rings. The van der Waals surface area contributed by atoms with E-state index in [0.717, 1.165) is 12.8 Å². The summed E-state index contributed by atoms with van der Waals surface area (Å²) >= 11 is 0. The number of aliphatic carboxylic acids is 1. The van der Waals surface area contributed by atoms with Crippen LogP contribution in [-0.2, 0) is 9.59 Å². The molecule has 2 atom stereocenters. The molecule has 3 N–H and O–H groups in total. The van der Waals surface area contributed by atoms with Crippen LogP contribution in [0.25, 0.3) is 0 Å². The van der Waals surface area contributed by atoms with E-state index in [9.17, 15) is 19.1 Å². The van der Waals surface area contributed by atoms with E-state index in [2.05, 4.69) is 10.6 Å². The topological polar surface area (TPSA) is 78.4 Å². The van der Waals surface area contributed by atoms with Crippen molar-refractivity contribution in [1.29, 1.82) is 0 Å². The molecule has 0 spiro atoms. The molecule has 1 fully saturated rings. The van der Waals surface area contributed by atoms with Crippen molar-refractivity contribution in [3.8, 4) is 0 Å². The maximum atomic E-state index is 13.1. The van der Waals surface area contributed by atoms with Gasteiger partial charge in [0.25, 0.3) is 0 Å². The molecule has 5 nitrogen and oxygen atoms in total. The highest BCUT2D eigenvalue weighted by atomic mass is 35.5. The molecular weight excluding hydrogens is 323 g/mol. The molecule has 0 aliphatic heterocycles. The van der Waals surface area contributed by atoms with Crippen molar-refractivity contribution in [2.24, 2.45) is 0 Å². The van der Waals surface area contributed by atoms with E-state index in [1.54, 1.807) is 0 Å². The predicted molar refractivity (Wildman–Crippen MR) is 87.0 cm³/mol. The van der Waals surface area contributed by atoms with Gasteiger partial charge in [0.05, 0.1) is 0 Å². The van der Waals surface area contributed by atoms with E-state index in [-0.39, 0.29) is 24.4 Å². The first-order valence-electron chi connectivity index (χ1n) is 7.56. The van der Waals surface area contributed by atoms with Gasteiger partial charge in [0.2, 0.25) is 5.91 Å². The highest BCUT2D eigenvalue weighted by Gasteiger charge is 2.31. The lowest BCUT2D eigenvalue weighted by Gasteiger charge is -2.23. The first kappa shape index (κ1) is 19.4. The molecule has 2 unspecified atom stereocenters. The highest BCUT2D eigenvalue weighted by molar-refractivity contribution is 5.85. The fourth-order valence-corrected chi connectivity index (χ4v) is 2.26. The quantitative estimate of drug-likeness (QED) is 0.676. The molecule has 0 bridgehead atoms. The zero-order valence-corrected chi connectivity index (χ0v) is 13.7. The second-order valence-electron chi connectivity index (χ2n) is 5.61. The summed E-state index contributed by atoms with van der Waals surface area (Å²) < 4.78 is 13.1. The van der Waals surface area contributed by atoms with Crippen molar-refractivity contribution in [3.05, 3.63) is 35.6 Å². The van der Waals surface area contributed by atoms with Gasteiger partial charge in [-0.15, -0.1) is 12.4 Å². The number of carbonyl (C=O) groups is 2. The van der Waals surface area contributed by atoms with Gasteiger partial charge >= 0.3 is 5.97 Å². The normalized spacial score (nSPS) is 16.1. The number of rotatable bonds is 8. The molecule has 23 heavy (non-hydrogen) atoms. The molecule has 0 radical (unpaired) electrons. The Kier molecular flexibility index (Phi) is 7.45. The fraction of sp³-hybridized carbons (Fsp3) is 0.500. The Morgan fingerprint density at radius 2 is 1.91 bits per heavy atom. The largest absolute Gasteiger partial charge is 0.480 e.